The minimum atomic E-state index is -0.590. The molecule has 0 saturated heterocycles. The molecule has 124 valence electrons. The molecule has 24 heavy (non-hydrogen) atoms. The van der Waals surface area contributed by atoms with E-state index in [0.29, 0.717) is 11.1 Å². The van der Waals surface area contributed by atoms with Gasteiger partial charge in [-0.15, -0.1) is 0 Å². The second kappa shape index (κ2) is 7.87. The zero-order valence-electron chi connectivity index (χ0n) is 12.9. The first kappa shape index (κ1) is 17.1. The summed E-state index contributed by atoms with van der Waals surface area (Å²) in [5, 5.41) is 10.9. The Labute approximate surface area is 138 Å². The molecular weight excluding hydrogens is 314 g/mol. The van der Waals surface area contributed by atoms with Crippen molar-refractivity contribution in [3.8, 4) is 0 Å². The van der Waals surface area contributed by atoms with Gasteiger partial charge in [-0.1, -0.05) is 30.3 Å². The van der Waals surface area contributed by atoms with Crippen molar-refractivity contribution in [3.05, 3.63) is 75.3 Å². The standard InChI is InChI=1S/C17H15NO6/c1-23-17(20)14-7-4-5-12(9-14)11-24-16(19)10-13-6-2-3-8-15(13)18(21)22/h2-9H,10-11H2,1H3. The van der Waals surface area contributed by atoms with E-state index < -0.39 is 16.9 Å². The zero-order valence-corrected chi connectivity index (χ0v) is 12.9. The summed E-state index contributed by atoms with van der Waals surface area (Å²) in [6.45, 7) is -0.0374. The van der Waals surface area contributed by atoms with Gasteiger partial charge in [0.25, 0.3) is 5.69 Å². The van der Waals surface area contributed by atoms with Crippen LogP contribution >= 0.6 is 0 Å². The lowest BCUT2D eigenvalue weighted by atomic mass is 10.1. The van der Waals surface area contributed by atoms with Crippen LogP contribution < -0.4 is 0 Å². The van der Waals surface area contributed by atoms with Crippen LogP contribution in [0.4, 0.5) is 5.69 Å². The third-order valence-corrected chi connectivity index (χ3v) is 3.27. The monoisotopic (exact) mass is 329 g/mol. The van der Waals surface area contributed by atoms with Crippen molar-refractivity contribution >= 4 is 17.6 Å². The first-order valence-corrected chi connectivity index (χ1v) is 7.06. The molecule has 0 aliphatic rings. The van der Waals surface area contributed by atoms with Crippen LogP contribution in [0.2, 0.25) is 0 Å². The van der Waals surface area contributed by atoms with Gasteiger partial charge in [0.2, 0.25) is 0 Å². The molecule has 0 N–H and O–H groups in total. The summed E-state index contributed by atoms with van der Waals surface area (Å²) in [6.07, 6.45) is -0.201. The van der Waals surface area contributed by atoms with E-state index in [1.54, 1.807) is 30.3 Å². The molecule has 0 amide bonds. The number of carbonyl (C=O) groups excluding carboxylic acids is 2. The Morgan fingerprint density at radius 3 is 2.58 bits per heavy atom. The second-order valence-electron chi connectivity index (χ2n) is 4.92. The fourth-order valence-electron chi connectivity index (χ4n) is 2.11. The second-order valence-corrected chi connectivity index (χ2v) is 4.92. The summed E-state index contributed by atoms with van der Waals surface area (Å²) in [5.74, 6) is -1.07. The molecule has 7 nitrogen and oxygen atoms in total. The molecule has 2 rings (SSSR count). The fourth-order valence-corrected chi connectivity index (χ4v) is 2.11. The van der Waals surface area contributed by atoms with Crippen LogP contribution in [-0.4, -0.2) is 24.0 Å². The van der Waals surface area contributed by atoms with E-state index in [2.05, 4.69) is 4.74 Å². The van der Waals surface area contributed by atoms with Gasteiger partial charge in [-0.05, 0) is 17.7 Å². The lowest BCUT2D eigenvalue weighted by Crippen LogP contribution is -2.10. The summed E-state index contributed by atoms with van der Waals surface area (Å²) in [7, 11) is 1.28. The first-order chi connectivity index (χ1) is 11.5. The highest BCUT2D eigenvalue weighted by atomic mass is 16.6. The third kappa shape index (κ3) is 4.39. The summed E-state index contributed by atoms with van der Waals surface area (Å²) < 4.78 is 9.74. The number of carbonyl (C=O) groups is 2. The number of hydrogen-bond donors (Lipinski definition) is 0. The minimum Gasteiger partial charge on any atom is -0.465 e. The molecule has 2 aromatic rings. The molecule has 0 heterocycles. The van der Waals surface area contributed by atoms with Crippen LogP contribution in [0, 0.1) is 10.1 Å². The Morgan fingerprint density at radius 2 is 1.88 bits per heavy atom. The van der Waals surface area contributed by atoms with Crippen molar-refractivity contribution in [2.45, 2.75) is 13.0 Å². The van der Waals surface area contributed by atoms with E-state index in [9.17, 15) is 19.7 Å². The van der Waals surface area contributed by atoms with Crippen molar-refractivity contribution in [2.24, 2.45) is 0 Å². The van der Waals surface area contributed by atoms with Crippen molar-refractivity contribution in [2.75, 3.05) is 7.11 Å². The molecule has 0 radical (unpaired) electrons. The van der Waals surface area contributed by atoms with Gasteiger partial charge in [0.15, 0.2) is 0 Å². The molecule has 0 saturated carbocycles. The van der Waals surface area contributed by atoms with E-state index in [4.69, 9.17) is 4.74 Å². The Bertz CT molecular complexity index is 771. The van der Waals surface area contributed by atoms with E-state index >= 15 is 0 Å². The van der Waals surface area contributed by atoms with Crippen LogP contribution in [0.3, 0.4) is 0 Å². The average Bonchev–Trinajstić information content (AvgIpc) is 2.59. The largest absolute Gasteiger partial charge is 0.465 e. The number of ether oxygens (including phenoxy) is 2. The summed E-state index contributed by atoms with van der Waals surface area (Å²) >= 11 is 0. The van der Waals surface area contributed by atoms with Crippen molar-refractivity contribution in [1.29, 1.82) is 0 Å². The Kier molecular flexibility index (Phi) is 5.62. The van der Waals surface area contributed by atoms with E-state index in [-0.39, 0.29) is 24.3 Å². The van der Waals surface area contributed by atoms with Crippen LogP contribution in [0.1, 0.15) is 21.5 Å². The Hall–Kier alpha value is -3.22. The quantitative estimate of drug-likeness (QED) is 0.459. The number of para-hydroxylation sites is 1. The van der Waals surface area contributed by atoms with Crippen LogP contribution in [0.25, 0.3) is 0 Å². The molecule has 0 bridgehead atoms. The molecule has 0 spiro atoms. The number of nitro groups is 1. The lowest BCUT2D eigenvalue weighted by molar-refractivity contribution is -0.385. The topological polar surface area (TPSA) is 95.7 Å². The number of hydrogen-bond acceptors (Lipinski definition) is 6. The number of benzene rings is 2. The number of nitro benzene ring substituents is 1. The first-order valence-electron chi connectivity index (χ1n) is 7.06. The minimum absolute atomic E-state index is 0.0374. The van der Waals surface area contributed by atoms with Gasteiger partial charge in [0.1, 0.15) is 6.61 Å². The Morgan fingerprint density at radius 1 is 1.12 bits per heavy atom. The normalized spacial score (nSPS) is 10.0. The van der Waals surface area contributed by atoms with Gasteiger partial charge >= 0.3 is 11.9 Å². The summed E-state index contributed by atoms with van der Waals surface area (Å²) in [6, 6.07) is 12.5. The number of rotatable bonds is 6. The molecule has 0 aromatic heterocycles. The maximum atomic E-state index is 11.9. The SMILES string of the molecule is COC(=O)c1cccc(COC(=O)Cc2ccccc2[N+](=O)[O-])c1. The summed E-state index contributed by atoms with van der Waals surface area (Å²) in [4.78, 5) is 33.7. The van der Waals surface area contributed by atoms with Gasteiger partial charge in [-0.3, -0.25) is 14.9 Å². The predicted molar refractivity (Wildman–Crippen MR) is 84.4 cm³/mol. The highest BCUT2D eigenvalue weighted by Gasteiger charge is 2.16. The molecule has 0 fully saturated rings. The van der Waals surface area contributed by atoms with Crippen LogP contribution in [0.15, 0.2) is 48.5 Å². The lowest BCUT2D eigenvalue weighted by Gasteiger charge is -2.07. The third-order valence-electron chi connectivity index (χ3n) is 3.27. The van der Waals surface area contributed by atoms with Crippen LogP contribution in [-0.2, 0) is 27.3 Å². The number of esters is 2. The van der Waals surface area contributed by atoms with Crippen LogP contribution in [0.5, 0.6) is 0 Å². The molecule has 7 heteroatoms. The molecule has 0 aliphatic heterocycles. The highest BCUT2D eigenvalue weighted by molar-refractivity contribution is 5.89. The fraction of sp³-hybridized carbons (Fsp3) is 0.176. The molecule has 2 aromatic carbocycles. The maximum absolute atomic E-state index is 11.9. The van der Waals surface area contributed by atoms with E-state index in [1.165, 1.54) is 25.3 Å². The van der Waals surface area contributed by atoms with Crippen molar-refractivity contribution in [3.63, 3.8) is 0 Å². The van der Waals surface area contributed by atoms with Gasteiger partial charge in [-0.2, -0.15) is 0 Å². The molecule has 0 atom stereocenters. The molecule has 0 aliphatic carbocycles. The highest BCUT2D eigenvalue weighted by Crippen LogP contribution is 2.18. The van der Waals surface area contributed by atoms with E-state index in [1.807, 2.05) is 0 Å². The number of methoxy groups -OCH3 is 1. The Balaban J connectivity index is 1.99. The van der Waals surface area contributed by atoms with Gasteiger partial charge < -0.3 is 9.47 Å². The van der Waals surface area contributed by atoms with E-state index in [0.717, 1.165) is 0 Å². The predicted octanol–water partition coefficient (Wildman–Crippen LogP) is 2.67. The smallest absolute Gasteiger partial charge is 0.337 e. The summed E-state index contributed by atoms with van der Waals surface area (Å²) in [5.41, 5.74) is 1.14. The van der Waals surface area contributed by atoms with Crippen molar-refractivity contribution < 1.29 is 24.0 Å². The molecular formula is C17H15NO6. The average molecular weight is 329 g/mol. The van der Waals surface area contributed by atoms with Crippen molar-refractivity contribution in [1.82, 2.24) is 0 Å². The van der Waals surface area contributed by atoms with Gasteiger partial charge in [-0.25, -0.2) is 4.79 Å². The zero-order chi connectivity index (χ0) is 17.5. The molecule has 0 unspecified atom stereocenters. The number of nitrogens with zero attached hydrogens (tertiary/aromatic N) is 1. The van der Waals surface area contributed by atoms with Gasteiger partial charge in [0, 0.05) is 11.6 Å². The van der Waals surface area contributed by atoms with Gasteiger partial charge in [0.05, 0.1) is 24.0 Å². The maximum Gasteiger partial charge on any atom is 0.337 e.